The van der Waals surface area contributed by atoms with Gasteiger partial charge in [-0.1, -0.05) is 36.4 Å². The highest BCUT2D eigenvalue weighted by Gasteiger charge is 2.22. The van der Waals surface area contributed by atoms with Crippen LogP contribution in [0.4, 0.5) is 11.4 Å². The number of aliphatic imine (C=N–C) groups is 1. The second-order valence-electron chi connectivity index (χ2n) is 11.6. The molecule has 2 fully saturated rings. The number of fused-ring (bicyclic) bond motifs is 1. The lowest BCUT2D eigenvalue weighted by Gasteiger charge is -2.26. The molecule has 43 heavy (non-hydrogen) atoms. The molecule has 6 rings (SSSR count). The molecule has 0 bridgehead atoms. The second kappa shape index (κ2) is 12.8. The zero-order valence-corrected chi connectivity index (χ0v) is 24.3. The predicted octanol–water partition coefficient (Wildman–Crippen LogP) is 6.49. The van der Waals surface area contributed by atoms with E-state index in [2.05, 4.69) is 34.1 Å². The zero-order valence-electron chi connectivity index (χ0n) is 24.3. The predicted molar refractivity (Wildman–Crippen MR) is 168 cm³/mol. The van der Waals surface area contributed by atoms with E-state index in [9.17, 15) is 20.0 Å². The van der Waals surface area contributed by atoms with Gasteiger partial charge in [0, 0.05) is 54.7 Å². The maximum atomic E-state index is 12.1. The highest BCUT2D eigenvalue weighted by atomic mass is 16.6. The minimum absolute atomic E-state index is 0.0547. The Kier molecular flexibility index (Phi) is 8.51. The second-order valence-corrected chi connectivity index (χ2v) is 11.6. The van der Waals surface area contributed by atoms with Crippen LogP contribution >= 0.6 is 0 Å². The van der Waals surface area contributed by atoms with Gasteiger partial charge in [0.25, 0.3) is 5.69 Å². The molecular weight excluding hydrogens is 542 g/mol. The summed E-state index contributed by atoms with van der Waals surface area (Å²) in [6.45, 7) is 4.79. The molecule has 2 aliphatic rings. The van der Waals surface area contributed by atoms with Gasteiger partial charge in [-0.25, -0.2) is 4.99 Å². The van der Waals surface area contributed by atoms with Crippen molar-refractivity contribution in [3.63, 3.8) is 0 Å². The number of amides is 1. The van der Waals surface area contributed by atoms with Gasteiger partial charge in [-0.05, 0) is 80.9 Å². The topological polar surface area (TPSA) is 115 Å². The van der Waals surface area contributed by atoms with E-state index in [1.165, 1.54) is 30.5 Å². The number of carbonyl (C=O) groups excluding carboxylic acids is 1. The minimum Gasteiger partial charge on any atom is -0.494 e. The summed E-state index contributed by atoms with van der Waals surface area (Å²) in [5, 5.41) is 23.2. The van der Waals surface area contributed by atoms with Gasteiger partial charge in [0.15, 0.2) is 5.88 Å². The lowest BCUT2D eigenvalue weighted by molar-refractivity contribution is -0.384. The molecule has 222 valence electrons. The number of benzene rings is 3. The SMILES string of the molecule is O=C1CCCCN1CCCc1ccc(C(=Nc2ccc(CN3CCCC3)cc2)c2c(O)[nH]c3ccc([N+](=O)[O-])cc23)cc1. The zero-order chi connectivity index (χ0) is 29.8. The minimum atomic E-state index is -0.435. The number of nitrogens with zero attached hydrogens (tertiary/aromatic N) is 4. The Morgan fingerprint density at radius 3 is 2.37 bits per heavy atom. The maximum absolute atomic E-state index is 12.1. The summed E-state index contributed by atoms with van der Waals surface area (Å²) in [5.41, 5.74) is 5.39. The number of hydrogen-bond donors (Lipinski definition) is 2. The van der Waals surface area contributed by atoms with E-state index < -0.39 is 4.92 Å². The van der Waals surface area contributed by atoms with Crippen LogP contribution in [0.15, 0.2) is 71.7 Å². The molecule has 0 unspecified atom stereocenters. The number of carbonyl (C=O) groups is 1. The van der Waals surface area contributed by atoms with Crippen LogP contribution in [0.1, 0.15) is 60.8 Å². The fourth-order valence-electron chi connectivity index (χ4n) is 6.19. The van der Waals surface area contributed by atoms with E-state index >= 15 is 0 Å². The molecule has 9 heteroatoms. The van der Waals surface area contributed by atoms with Crippen molar-refractivity contribution < 1.29 is 14.8 Å². The Bertz CT molecular complexity index is 1640. The smallest absolute Gasteiger partial charge is 0.270 e. The van der Waals surface area contributed by atoms with Crippen molar-refractivity contribution in [1.82, 2.24) is 14.8 Å². The van der Waals surface area contributed by atoms with E-state index in [0.717, 1.165) is 75.2 Å². The van der Waals surface area contributed by atoms with Gasteiger partial charge in [0.05, 0.1) is 21.9 Å². The van der Waals surface area contributed by atoms with Crippen LogP contribution in [-0.2, 0) is 17.8 Å². The number of non-ortho nitro benzene ring substituents is 1. The van der Waals surface area contributed by atoms with Gasteiger partial charge in [0.2, 0.25) is 5.91 Å². The standard InChI is InChI=1S/C34H37N5O4/c40-31-7-1-2-20-38(31)21-5-6-24-8-12-26(13-9-24)33(32-29-22-28(39(42)43)16-17-30(29)36-34(32)41)35-27-14-10-25(11-15-27)23-37-18-3-4-19-37/h8-17,22,36,41H,1-7,18-21,23H2. The molecule has 0 atom stereocenters. The molecule has 4 aromatic rings. The van der Waals surface area contributed by atoms with Crippen molar-refractivity contribution in [2.45, 2.75) is 51.5 Å². The lowest BCUT2D eigenvalue weighted by atomic mass is 9.98. The first kappa shape index (κ1) is 28.6. The molecule has 3 aromatic carbocycles. The van der Waals surface area contributed by atoms with Gasteiger partial charge < -0.3 is 15.0 Å². The Morgan fingerprint density at radius 1 is 0.930 bits per heavy atom. The number of aromatic amines is 1. The first-order valence-corrected chi connectivity index (χ1v) is 15.2. The third kappa shape index (κ3) is 6.62. The molecule has 2 N–H and O–H groups in total. The third-order valence-electron chi connectivity index (χ3n) is 8.53. The van der Waals surface area contributed by atoms with Crippen molar-refractivity contribution >= 4 is 33.9 Å². The van der Waals surface area contributed by atoms with E-state index in [-0.39, 0.29) is 17.5 Å². The lowest BCUT2D eigenvalue weighted by Crippen LogP contribution is -2.36. The highest BCUT2D eigenvalue weighted by molar-refractivity contribution is 6.22. The van der Waals surface area contributed by atoms with Crippen LogP contribution < -0.4 is 0 Å². The summed E-state index contributed by atoms with van der Waals surface area (Å²) < 4.78 is 0. The van der Waals surface area contributed by atoms with Crippen molar-refractivity contribution in [1.29, 1.82) is 0 Å². The molecule has 1 amide bonds. The number of aromatic hydroxyl groups is 1. The fourth-order valence-corrected chi connectivity index (χ4v) is 6.19. The average molecular weight is 580 g/mol. The van der Waals surface area contributed by atoms with E-state index in [0.29, 0.717) is 28.6 Å². The molecule has 9 nitrogen and oxygen atoms in total. The summed E-state index contributed by atoms with van der Waals surface area (Å²) in [7, 11) is 0. The Morgan fingerprint density at radius 2 is 1.65 bits per heavy atom. The molecule has 0 aliphatic carbocycles. The largest absolute Gasteiger partial charge is 0.494 e. The summed E-state index contributed by atoms with van der Waals surface area (Å²) >= 11 is 0. The summed E-state index contributed by atoms with van der Waals surface area (Å²) in [6, 6.07) is 20.7. The number of nitrogens with one attached hydrogen (secondary N) is 1. The summed E-state index contributed by atoms with van der Waals surface area (Å²) in [4.78, 5) is 35.7. The molecule has 3 heterocycles. The summed E-state index contributed by atoms with van der Waals surface area (Å²) in [5.74, 6) is 0.167. The molecule has 1 aromatic heterocycles. The van der Waals surface area contributed by atoms with Gasteiger partial charge >= 0.3 is 0 Å². The van der Waals surface area contributed by atoms with Crippen molar-refractivity contribution in [2.75, 3.05) is 26.2 Å². The van der Waals surface area contributed by atoms with Crippen molar-refractivity contribution in [3.05, 3.63) is 99.1 Å². The molecule has 2 saturated heterocycles. The van der Waals surface area contributed by atoms with Crippen LogP contribution in [0.2, 0.25) is 0 Å². The van der Waals surface area contributed by atoms with E-state index in [1.807, 2.05) is 29.2 Å². The third-order valence-corrected chi connectivity index (χ3v) is 8.53. The van der Waals surface area contributed by atoms with Crippen LogP contribution in [0.5, 0.6) is 5.88 Å². The number of piperidine rings is 1. The van der Waals surface area contributed by atoms with Crippen LogP contribution in [0.25, 0.3) is 10.9 Å². The number of rotatable bonds is 10. The number of H-pyrrole nitrogens is 1. The first-order valence-electron chi connectivity index (χ1n) is 15.2. The number of nitro groups is 1. The number of likely N-dealkylation sites (tertiary alicyclic amines) is 2. The maximum Gasteiger partial charge on any atom is 0.270 e. The van der Waals surface area contributed by atoms with Crippen LogP contribution in [-0.4, -0.2) is 62.6 Å². The monoisotopic (exact) mass is 579 g/mol. The molecule has 0 spiro atoms. The number of aromatic nitrogens is 1. The number of aryl methyl sites for hydroxylation is 1. The van der Waals surface area contributed by atoms with Crippen LogP contribution in [0, 0.1) is 10.1 Å². The normalized spacial score (nSPS) is 16.3. The molecule has 0 radical (unpaired) electrons. The quantitative estimate of drug-likeness (QED) is 0.127. The number of hydrogen-bond acceptors (Lipinski definition) is 6. The van der Waals surface area contributed by atoms with Gasteiger partial charge in [-0.2, -0.15) is 0 Å². The average Bonchev–Trinajstić information content (AvgIpc) is 3.64. The molecule has 2 aliphatic heterocycles. The Labute approximate surface area is 251 Å². The number of nitro benzene ring substituents is 1. The van der Waals surface area contributed by atoms with E-state index in [4.69, 9.17) is 4.99 Å². The Hall–Kier alpha value is -4.50. The Balaban J connectivity index is 1.30. The van der Waals surface area contributed by atoms with Gasteiger partial charge in [-0.15, -0.1) is 0 Å². The van der Waals surface area contributed by atoms with Gasteiger partial charge in [0.1, 0.15) is 0 Å². The van der Waals surface area contributed by atoms with E-state index in [1.54, 1.807) is 6.07 Å². The fraction of sp³-hybridized carbons (Fsp3) is 0.353. The van der Waals surface area contributed by atoms with Crippen molar-refractivity contribution in [2.24, 2.45) is 4.99 Å². The molecular formula is C34H37N5O4. The molecule has 0 saturated carbocycles. The summed E-state index contributed by atoms with van der Waals surface area (Å²) in [6.07, 6.45) is 6.95. The first-order chi connectivity index (χ1) is 20.9. The van der Waals surface area contributed by atoms with Crippen LogP contribution in [0.3, 0.4) is 0 Å². The van der Waals surface area contributed by atoms with Crippen molar-refractivity contribution in [3.8, 4) is 5.88 Å². The van der Waals surface area contributed by atoms with Gasteiger partial charge in [-0.3, -0.25) is 19.8 Å². The highest BCUT2D eigenvalue weighted by Crippen LogP contribution is 2.34.